The number of nitrogens with one attached hydrogen (secondary N) is 2. The topological polar surface area (TPSA) is 58.5 Å². The Morgan fingerprint density at radius 2 is 2.00 bits per heavy atom. The summed E-state index contributed by atoms with van der Waals surface area (Å²) >= 11 is 1.74. The van der Waals surface area contributed by atoms with Crippen LogP contribution in [0, 0.1) is 5.41 Å². The third kappa shape index (κ3) is 7.53. The summed E-state index contributed by atoms with van der Waals surface area (Å²) < 4.78 is 5.28. The number of rotatable bonds is 10. The lowest BCUT2D eigenvalue weighted by molar-refractivity contribution is 0.0732. The van der Waals surface area contributed by atoms with Crippen molar-refractivity contribution in [1.29, 1.82) is 0 Å². The number of benzene rings is 1. The fourth-order valence-corrected chi connectivity index (χ4v) is 4.42. The maximum atomic E-state index is 5.28. The molecule has 0 atom stereocenters. The number of aliphatic imine (C=N–C) groups is 1. The van der Waals surface area contributed by atoms with Crippen LogP contribution in [-0.4, -0.2) is 38.3 Å². The van der Waals surface area contributed by atoms with Crippen LogP contribution in [0.2, 0.25) is 0 Å². The molecule has 1 aliphatic rings. The summed E-state index contributed by atoms with van der Waals surface area (Å²) in [5.41, 5.74) is 2.81. The van der Waals surface area contributed by atoms with Crippen LogP contribution in [-0.2, 0) is 24.1 Å². The highest BCUT2D eigenvalue weighted by Crippen LogP contribution is 2.43. The molecule has 2 N–H and O–H groups in total. The highest BCUT2D eigenvalue weighted by Gasteiger charge is 2.36. The number of hydrogen-bond donors (Lipinski definition) is 2. The number of aromatic nitrogens is 1. The van der Waals surface area contributed by atoms with Crippen LogP contribution >= 0.6 is 35.3 Å². The van der Waals surface area contributed by atoms with Gasteiger partial charge >= 0.3 is 0 Å². The number of thiazole rings is 1. The van der Waals surface area contributed by atoms with Crippen LogP contribution in [0.5, 0.6) is 0 Å². The van der Waals surface area contributed by atoms with E-state index in [-0.39, 0.29) is 24.0 Å². The van der Waals surface area contributed by atoms with Crippen molar-refractivity contribution in [3.05, 3.63) is 52.0 Å². The van der Waals surface area contributed by atoms with Gasteiger partial charge in [-0.15, -0.1) is 35.3 Å². The van der Waals surface area contributed by atoms with Gasteiger partial charge in [-0.05, 0) is 36.7 Å². The van der Waals surface area contributed by atoms with Gasteiger partial charge in [0.15, 0.2) is 5.96 Å². The van der Waals surface area contributed by atoms with E-state index < -0.39 is 0 Å². The lowest BCUT2D eigenvalue weighted by atomic mass is 9.67. The van der Waals surface area contributed by atoms with E-state index in [0.717, 1.165) is 44.1 Å². The number of halogens is 1. The fraction of sp³-hybridized carbons (Fsp3) is 0.545. The minimum atomic E-state index is 0. The second-order valence-corrected chi connectivity index (χ2v) is 8.54. The van der Waals surface area contributed by atoms with Gasteiger partial charge in [0.2, 0.25) is 0 Å². The Hall–Kier alpha value is -1.19. The first-order chi connectivity index (χ1) is 13.7. The molecule has 1 saturated carbocycles. The Kier molecular flexibility index (Phi) is 10.4. The predicted octanol–water partition coefficient (Wildman–Crippen LogP) is 4.42. The van der Waals surface area contributed by atoms with Gasteiger partial charge in [-0.1, -0.05) is 36.8 Å². The summed E-state index contributed by atoms with van der Waals surface area (Å²) in [6.07, 6.45) is 7.01. The number of hydrogen-bond acceptors (Lipinski definition) is 4. The SMILES string of the molecule is CN=C(NCc1csc(CCc2ccccc2)n1)NCC1(CCOC)CCC1.I. The van der Waals surface area contributed by atoms with Crippen LogP contribution in [0.1, 0.15) is 41.9 Å². The molecule has 0 radical (unpaired) electrons. The van der Waals surface area contributed by atoms with Gasteiger partial charge in [0.1, 0.15) is 0 Å². The van der Waals surface area contributed by atoms with E-state index in [2.05, 4.69) is 51.3 Å². The lowest BCUT2D eigenvalue weighted by Crippen LogP contribution is -2.46. The summed E-state index contributed by atoms with van der Waals surface area (Å²) in [6, 6.07) is 10.6. The molecule has 29 heavy (non-hydrogen) atoms. The van der Waals surface area contributed by atoms with Gasteiger partial charge in [0.05, 0.1) is 17.2 Å². The predicted molar refractivity (Wildman–Crippen MR) is 132 cm³/mol. The number of aryl methyl sites for hydroxylation is 2. The van der Waals surface area contributed by atoms with Crippen LogP contribution in [0.4, 0.5) is 0 Å². The Morgan fingerprint density at radius 1 is 1.21 bits per heavy atom. The maximum Gasteiger partial charge on any atom is 0.191 e. The second-order valence-electron chi connectivity index (χ2n) is 7.59. The van der Waals surface area contributed by atoms with Gasteiger partial charge in [0, 0.05) is 39.1 Å². The van der Waals surface area contributed by atoms with Crippen molar-refractivity contribution >= 4 is 41.3 Å². The molecule has 0 aliphatic heterocycles. The molecule has 1 aromatic carbocycles. The molecule has 3 rings (SSSR count). The van der Waals surface area contributed by atoms with Crippen molar-refractivity contribution in [3.63, 3.8) is 0 Å². The molecular formula is C22H33IN4OS. The molecule has 0 bridgehead atoms. The molecule has 1 fully saturated rings. The van der Waals surface area contributed by atoms with Gasteiger partial charge < -0.3 is 15.4 Å². The molecule has 160 valence electrons. The van der Waals surface area contributed by atoms with Crippen molar-refractivity contribution in [2.45, 2.75) is 45.1 Å². The standard InChI is InChI=1S/C22H32N4OS.HI/c1-23-21(25-17-22(11-6-12-22)13-14-27-2)24-15-19-16-28-20(26-19)10-9-18-7-4-3-5-8-18;/h3-5,7-8,16H,6,9-15,17H2,1-2H3,(H2,23,24,25);1H. The Balaban J connectivity index is 0.00000300. The minimum Gasteiger partial charge on any atom is -0.385 e. The van der Waals surface area contributed by atoms with E-state index >= 15 is 0 Å². The molecule has 0 amide bonds. The van der Waals surface area contributed by atoms with E-state index in [9.17, 15) is 0 Å². The van der Waals surface area contributed by atoms with Crippen LogP contribution < -0.4 is 10.6 Å². The van der Waals surface area contributed by atoms with E-state index in [1.54, 1.807) is 18.4 Å². The lowest BCUT2D eigenvalue weighted by Gasteiger charge is -2.42. The third-order valence-electron chi connectivity index (χ3n) is 5.61. The molecule has 7 heteroatoms. The van der Waals surface area contributed by atoms with Gasteiger partial charge in [-0.2, -0.15) is 0 Å². The molecule has 1 heterocycles. The van der Waals surface area contributed by atoms with Crippen molar-refractivity contribution in [1.82, 2.24) is 15.6 Å². The monoisotopic (exact) mass is 528 g/mol. The first-order valence-electron chi connectivity index (χ1n) is 10.1. The number of guanidine groups is 1. The second kappa shape index (κ2) is 12.5. The quantitative estimate of drug-likeness (QED) is 0.273. The van der Waals surface area contributed by atoms with Crippen molar-refractivity contribution in [2.24, 2.45) is 10.4 Å². The Morgan fingerprint density at radius 3 is 2.66 bits per heavy atom. The van der Waals surface area contributed by atoms with Crippen molar-refractivity contribution < 1.29 is 4.74 Å². The molecule has 0 unspecified atom stereocenters. The number of ether oxygens (including phenoxy) is 1. The molecule has 1 aliphatic carbocycles. The summed E-state index contributed by atoms with van der Waals surface area (Å²) in [5.74, 6) is 0.850. The smallest absolute Gasteiger partial charge is 0.191 e. The zero-order valence-corrected chi connectivity index (χ0v) is 20.6. The molecule has 1 aromatic heterocycles. The molecule has 5 nitrogen and oxygen atoms in total. The first-order valence-corrected chi connectivity index (χ1v) is 11.0. The van der Waals surface area contributed by atoms with Gasteiger partial charge in [-0.25, -0.2) is 4.98 Å². The van der Waals surface area contributed by atoms with Crippen LogP contribution in [0.15, 0.2) is 40.7 Å². The minimum absolute atomic E-state index is 0. The summed E-state index contributed by atoms with van der Waals surface area (Å²) in [7, 11) is 3.60. The average molecular weight is 529 g/mol. The van der Waals surface area contributed by atoms with Crippen LogP contribution in [0.3, 0.4) is 0 Å². The van der Waals surface area contributed by atoms with E-state index in [0.29, 0.717) is 12.0 Å². The van der Waals surface area contributed by atoms with E-state index in [1.165, 1.54) is 29.8 Å². The average Bonchev–Trinajstić information content (AvgIpc) is 3.16. The van der Waals surface area contributed by atoms with Crippen molar-refractivity contribution in [2.75, 3.05) is 27.3 Å². The summed E-state index contributed by atoms with van der Waals surface area (Å²) in [4.78, 5) is 9.13. The zero-order valence-electron chi connectivity index (χ0n) is 17.4. The van der Waals surface area contributed by atoms with Crippen molar-refractivity contribution in [3.8, 4) is 0 Å². The number of nitrogens with zero attached hydrogens (tertiary/aromatic N) is 2. The normalized spacial score (nSPS) is 15.3. The molecule has 2 aromatic rings. The largest absolute Gasteiger partial charge is 0.385 e. The highest BCUT2D eigenvalue weighted by molar-refractivity contribution is 14.0. The van der Waals surface area contributed by atoms with Crippen LogP contribution in [0.25, 0.3) is 0 Å². The highest BCUT2D eigenvalue weighted by atomic mass is 127. The van der Waals surface area contributed by atoms with E-state index in [1.807, 2.05) is 7.05 Å². The number of methoxy groups -OCH3 is 1. The molecule has 0 spiro atoms. The molecular weight excluding hydrogens is 495 g/mol. The van der Waals surface area contributed by atoms with Gasteiger partial charge in [-0.3, -0.25) is 4.99 Å². The summed E-state index contributed by atoms with van der Waals surface area (Å²) in [5, 5.41) is 10.2. The Labute approximate surface area is 195 Å². The van der Waals surface area contributed by atoms with E-state index in [4.69, 9.17) is 9.72 Å². The summed E-state index contributed by atoms with van der Waals surface area (Å²) in [6.45, 7) is 2.49. The Bertz CT molecular complexity index is 746. The fourth-order valence-electron chi connectivity index (χ4n) is 3.62. The first kappa shape index (κ1) is 24.1. The maximum absolute atomic E-state index is 5.28. The molecule has 0 saturated heterocycles. The zero-order chi connectivity index (χ0) is 19.7. The van der Waals surface area contributed by atoms with Gasteiger partial charge in [0.25, 0.3) is 0 Å². The third-order valence-corrected chi connectivity index (χ3v) is 6.57.